The van der Waals surface area contributed by atoms with Crippen LogP contribution in [-0.2, 0) is 4.84 Å². The molecule has 18 heavy (non-hydrogen) atoms. The van der Waals surface area contributed by atoms with Crippen molar-refractivity contribution in [1.29, 1.82) is 0 Å². The Bertz CT molecular complexity index is 412. The maximum atomic E-state index is 5.45. The number of nitrogens with one attached hydrogen (secondary N) is 1. The maximum Gasteiger partial charge on any atom is 0.212 e. The molecule has 0 spiro atoms. The topological polar surface area (TPSA) is 36.9 Å². The molecule has 0 aromatic heterocycles. The fourth-order valence-corrected chi connectivity index (χ4v) is 2.47. The molecular weight excluding hydrogens is 226 g/mol. The molecule has 1 fully saturated rings. The van der Waals surface area contributed by atoms with Gasteiger partial charge in [0, 0.05) is 13.0 Å². The van der Waals surface area contributed by atoms with Crippen molar-refractivity contribution in [3.63, 3.8) is 0 Å². The molecule has 4 heteroatoms. The molecule has 2 heterocycles. The lowest BCUT2D eigenvalue weighted by molar-refractivity contribution is 0.173. The first kappa shape index (κ1) is 11.7. The van der Waals surface area contributed by atoms with Gasteiger partial charge in [0.15, 0.2) is 6.17 Å². The van der Waals surface area contributed by atoms with Gasteiger partial charge in [-0.2, -0.15) is 0 Å². The lowest BCUT2D eigenvalue weighted by Crippen LogP contribution is -2.23. The molecule has 0 aliphatic carbocycles. The third-order valence-corrected chi connectivity index (χ3v) is 3.52. The molecule has 0 bridgehead atoms. The van der Waals surface area contributed by atoms with Crippen molar-refractivity contribution in [3.8, 4) is 0 Å². The van der Waals surface area contributed by atoms with E-state index in [0.29, 0.717) is 0 Å². The zero-order valence-corrected chi connectivity index (χ0v) is 10.5. The van der Waals surface area contributed by atoms with Crippen molar-refractivity contribution >= 4 is 5.90 Å². The molecule has 0 unspecified atom stereocenters. The summed E-state index contributed by atoms with van der Waals surface area (Å²) in [6.45, 7) is 3.51. The third kappa shape index (κ3) is 2.71. The summed E-state index contributed by atoms with van der Waals surface area (Å²) in [4.78, 5) is 12.5. The van der Waals surface area contributed by atoms with Crippen molar-refractivity contribution in [3.05, 3.63) is 35.9 Å². The summed E-state index contributed by atoms with van der Waals surface area (Å²) >= 11 is 0. The van der Waals surface area contributed by atoms with E-state index in [4.69, 9.17) is 4.84 Å². The van der Waals surface area contributed by atoms with Crippen LogP contribution in [0.5, 0.6) is 0 Å². The number of benzene rings is 1. The highest BCUT2D eigenvalue weighted by Gasteiger charge is 2.20. The molecule has 1 atom stereocenters. The molecule has 1 aromatic carbocycles. The molecule has 0 radical (unpaired) electrons. The van der Waals surface area contributed by atoms with Gasteiger partial charge in [-0.1, -0.05) is 30.3 Å². The van der Waals surface area contributed by atoms with Crippen LogP contribution in [0.4, 0.5) is 0 Å². The molecule has 96 valence electrons. The highest BCUT2D eigenvalue weighted by molar-refractivity contribution is 5.77. The number of likely N-dealkylation sites (tertiary alicyclic amines) is 1. The molecule has 0 amide bonds. The lowest BCUT2D eigenvalue weighted by Gasteiger charge is -2.12. The Morgan fingerprint density at radius 3 is 2.78 bits per heavy atom. The first-order valence-electron chi connectivity index (χ1n) is 6.68. The van der Waals surface area contributed by atoms with Crippen LogP contribution in [0, 0.1) is 0 Å². The van der Waals surface area contributed by atoms with E-state index < -0.39 is 0 Å². The Morgan fingerprint density at radius 2 is 2.00 bits per heavy atom. The second-order valence-corrected chi connectivity index (χ2v) is 4.85. The van der Waals surface area contributed by atoms with E-state index in [2.05, 4.69) is 27.5 Å². The van der Waals surface area contributed by atoms with Gasteiger partial charge in [0.1, 0.15) is 0 Å². The van der Waals surface area contributed by atoms with Crippen molar-refractivity contribution in [1.82, 2.24) is 10.4 Å². The Labute approximate surface area is 108 Å². The van der Waals surface area contributed by atoms with Gasteiger partial charge in [-0.15, -0.1) is 5.48 Å². The van der Waals surface area contributed by atoms with E-state index in [9.17, 15) is 0 Å². The van der Waals surface area contributed by atoms with E-state index in [-0.39, 0.29) is 6.17 Å². The van der Waals surface area contributed by atoms with Crippen molar-refractivity contribution in [2.75, 3.05) is 19.6 Å². The highest BCUT2D eigenvalue weighted by atomic mass is 16.7. The molecule has 3 rings (SSSR count). The summed E-state index contributed by atoms with van der Waals surface area (Å²) in [5.41, 5.74) is 4.12. The normalized spacial score (nSPS) is 24.0. The lowest BCUT2D eigenvalue weighted by atomic mass is 10.2. The van der Waals surface area contributed by atoms with Crippen LogP contribution in [-0.4, -0.2) is 30.4 Å². The predicted molar refractivity (Wildman–Crippen MR) is 71.1 cm³/mol. The van der Waals surface area contributed by atoms with Crippen molar-refractivity contribution in [2.24, 2.45) is 4.99 Å². The molecular formula is C14H19N3O. The number of aliphatic imine (C=N–C) groups is 1. The zero-order chi connectivity index (χ0) is 12.2. The van der Waals surface area contributed by atoms with E-state index in [1.807, 2.05) is 18.2 Å². The van der Waals surface area contributed by atoms with Gasteiger partial charge < -0.3 is 9.74 Å². The second kappa shape index (κ2) is 5.50. The number of hydroxylamine groups is 1. The van der Waals surface area contributed by atoms with Crippen LogP contribution < -0.4 is 5.48 Å². The van der Waals surface area contributed by atoms with Gasteiger partial charge in [-0.25, -0.2) is 4.99 Å². The summed E-state index contributed by atoms with van der Waals surface area (Å²) in [5, 5.41) is 0. The van der Waals surface area contributed by atoms with Crippen LogP contribution in [0.2, 0.25) is 0 Å². The number of hydrogen-bond donors (Lipinski definition) is 1. The zero-order valence-electron chi connectivity index (χ0n) is 10.5. The average molecular weight is 245 g/mol. The van der Waals surface area contributed by atoms with E-state index >= 15 is 0 Å². The number of nitrogens with zero attached hydrogens (tertiary/aromatic N) is 2. The fourth-order valence-electron chi connectivity index (χ4n) is 2.47. The first-order chi connectivity index (χ1) is 8.92. The highest BCUT2D eigenvalue weighted by Crippen LogP contribution is 2.19. The Morgan fingerprint density at radius 1 is 1.22 bits per heavy atom. The minimum Gasteiger partial charge on any atom is -0.391 e. The van der Waals surface area contributed by atoms with Crippen molar-refractivity contribution < 1.29 is 4.84 Å². The maximum absolute atomic E-state index is 5.45. The molecule has 4 nitrogen and oxygen atoms in total. The van der Waals surface area contributed by atoms with Crippen LogP contribution in [0.3, 0.4) is 0 Å². The van der Waals surface area contributed by atoms with Gasteiger partial charge in [0.2, 0.25) is 5.90 Å². The predicted octanol–water partition coefficient (Wildman–Crippen LogP) is 2.10. The SMILES string of the molecule is c1ccc([C@@H]2N=C(CCN3CCCC3)ON2)cc1. The average Bonchev–Trinajstić information content (AvgIpc) is 3.09. The van der Waals surface area contributed by atoms with Gasteiger partial charge >= 0.3 is 0 Å². The monoisotopic (exact) mass is 245 g/mol. The third-order valence-electron chi connectivity index (χ3n) is 3.52. The van der Waals surface area contributed by atoms with Gasteiger partial charge in [0.25, 0.3) is 0 Å². The fraction of sp³-hybridized carbons (Fsp3) is 0.500. The molecule has 2 aliphatic rings. The summed E-state index contributed by atoms with van der Waals surface area (Å²) in [6.07, 6.45) is 3.52. The Hall–Kier alpha value is -1.39. The van der Waals surface area contributed by atoms with E-state index in [1.165, 1.54) is 25.9 Å². The Balaban J connectivity index is 1.55. The molecule has 0 saturated carbocycles. The molecule has 1 aromatic rings. The van der Waals surface area contributed by atoms with Crippen LogP contribution >= 0.6 is 0 Å². The molecule has 2 aliphatic heterocycles. The van der Waals surface area contributed by atoms with E-state index in [1.54, 1.807) is 0 Å². The standard InChI is InChI=1S/C14H19N3O/c1-2-6-12(7-3-1)14-15-13(18-16-14)8-11-17-9-4-5-10-17/h1-3,6-7,14,16H,4-5,8-11H2/t14-/m1/s1. The molecule has 1 saturated heterocycles. The van der Waals surface area contributed by atoms with Gasteiger partial charge in [-0.05, 0) is 31.5 Å². The van der Waals surface area contributed by atoms with Gasteiger partial charge in [-0.3, -0.25) is 0 Å². The minimum absolute atomic E-state index is 0.0419. The largest absolute Gasteiger partial charge is 0.391 e. The number of rotatable bonds is 4. The summed E-state index contributed by atoms with van der Waals surface area (Å²) < 4.78 is 0. The first-order valence-corrected chi connectivity index (χ1v) is 6.68. The minimum atomic E-state index is -0.0419. The second-order valence-electron chi connectivity index (χ2n) is 4.85. The summed E-state index contributed by atoms with van der Waals surface area (Å²) in [6, 6.07) is 10.2. The van der Waals surface area contributed by atoms with Crippen LogP contribution in [0.25, 0.3) is 0 Å². The van der Waals surface area contributed by atoms with Crippen LogP contribution in [0.1, 0.15) is 31.0 Å². The summed E-state index contributed by atoms with van der Waals surface area (Å²) in [5.74, 6) is 0.829. The van der Waals surface area contributed by atoms with E-state index in [0.717, 1.165) is 24.4 Å². The quantitative estimate of drug-likeness (QED) is 0.882. The smallest absolute Gasteiger partial charge is 0.212 e. The van der Waals surface area contributed by atoms with Crippen molar-refractivity contribution in [2.45, 2.75) is 25.4 Å². The molecule has 1 N–H and O–H groups in total. The summed E-state index contributed by atoms with van der Waals surface area (Å²) in [7, 11) is 0. The van der Waals surface area contributed by atoms with Crippen LogP contribution in [0.15, 0.2) is 35.3 Å². The van der Waals surface area contributed by atoms with Gasteiger partial charge in [0.05, 0.1) is 0 Å². The Kier molecular flexibility index (Phi) is 3.57. The number of hydrogen-bond acceptors (Lipinski definition) is 4.